The number of aryl methyl sites for hydroxylation is 3. The van der Waals surface area contributed by atoms with Crippen molar-refractivity contribution in [1.82, 2.24) is 9.44 Å². The highest BCUT2D eigenvalue weighted by Crippen LogP contribution is 2.30. The highest BCUT2D eigenvalue weighted by Gasteiger charge is 2.23. The summed E-state index contributed by atoms with van der Waals surface area (Å²) < 4.78 is 114. The second-order valence-electron chi connectivity index (χ2n) is 13.3. The fourth-order valence-corrected chi connectivity index (χ4v) is 8.59. The van der Waals surface area contributed by atoms with Gasteiger partial charge in [-0.3, -0.25) is 9.59 Å². The van der Waals surface area contributed by atoms with Gasteiger partial charge in [0.25, 0.3) is 20.0 Å². The summed E-state index contributed by atoms with van der Waals surface area (Å²) in [6, 6.07) is 28.5. The van der Waals surface area contributed by atoms with Crippen LogP contribution in [0.1, 0.15) is 74.5 Å². The molecule has 11 nitrogen and oxygen atoms in total. The monoisotopic (exact) mass is 976 g/mol. The van der Waals surface area contributed by atoms with Gasteiger partial charge in [0.15, 0.2) is 5.76 Å². The van der Waals surface area contributed by atoms with Crippen LogP contribution in [-0.4, -0.2) is 41.9 Å². The van der Waals surface area contributed by atoms with Crippen molar-refractivity contribution < 1.29 is 57.9 Å². The molecule has 5 rings (SSSR count). The Labute approximate surface area is 390 Å². The van der Waals surface area contributed by atoms with Crippen molar-refractivity contribution >= 4 is 43.6 Å². The number of thioether (sulfide) groups is 1. The second-order valence-corrected chi connectivity index (χ2v) is 17.7. The molecule has 0 saturated carbocycles. The summed E-state index contributed by atoms with van der Waals surface area (Å²) in [6.07, 6.45) is 3.15. The quantitative estimate of drug-likeness (QED) is 0.0475. The van der Waals surface area contributed by atoms with Gasteiger partial charge in [0.2, 0.25) is 5.91 Å². The lowest BCUT2D eigenvalue weighted by atomic mass is 10.1. The zero-order valence-electron chi connectivity index (χ0n) is 38.2. The van der Waals surface area contributed by atoms with Crippen LogP contribution in [0.4, 0.5) is 17.6 Å². The summed E-state index contributed by atoms with van der Waals surface area (Å²) >= 11 is 1.52. The molecule has 4 aromatic carbocycles. The lowest BCUT2D eigenvalue weighted by Crippen LogP contribution is -2.30. The van der Waals surface area contributed by atoms with E-state index in [2.05, 4.69) is 27.4 Å². The summed E-state index contributed by atoms with van der Waals surface area (Å²) in [5.41, 5.74) is 4.49. The largest absolute Gasteiger partial charge is 0.456 e. The summed E-state index contributed by atoms with van der Waals surface area (Å²) in [4.78, 5) is 24.2. The first-order valence-electron chi connectivity index (χ1n) is 20.0. The number of carbonyl (C=O) groups excluding carboxylic acids is 2. The van der Waals surface area contributed by atoms with Crippen molar-refractivity contribution in [3.8, 4) is 22.6 Å². The normalized spacial score (nSPS) is 10.9. The van der Waals surface area contributed by atoms with Gasteiger partial charge in [-0.05, 0) is 112 Å². The van der Waals surface area contributed by atoms with E-state index < -0.39 is 45.1 Å². The number of furan rings is 1. The molecule has 0 fully saturated rings. The van der Waals surface area contributed by atoms with Gasteiger partial charge >= 0.3 is 19.1 Å². The van der Waals surface area contributed by atoms with Crippen LogP contribution in [0.5, 0.6) is 11.5 Å². The lowest BCUT2D eigenvalue weighted by Gasteiger charge is -2.07. The molecule has 1 heterocycles. The number of sulfonamides is 2. The van der Waals surface area contributed by atoms with Crippen molar-refractivity contribution in [1.29, 1.82) is 0 Å². The van der Waals surface area contributed by atoms with Crippen molar-refractivity contribution in [2.75, 3.05) is 0 Å². The number of amides is 2. The van der Waals surface area contributed by atoms with E-state index in [1.807, 2.05) is 56.7 Å². The van der Waals surface area contributed by atoms with Gasteiger partial charge in [0.05, 0.1) is 9.80 Å². The van der Waals surface area contributed by atoms with Gasteiger partial charge in [-0.25, -0.2) is 26.3 Å². The van der Waals surface area contributed by atoms with Crippen LogP contribution in [0.25, 0.3) is 11.1 Å². The minimum absolute atomic E-state index is 0.0308. The Kier molecular flexibility index (Phi) is 25.2. The van der Waals surface area contributed by atoms with Crippen molar-refractivity contribution in [3.05, 3.63) is 167 Å². The van der Waals surface area contributed by atoms with Gasteiger partial charge in [-0.15, -0.1) is 18.3 Å². The number of allylic oxidation sites excluding steroid dienone is 3. The van der Waals surface area contributed by atoms with Gasteiger partial charge in [0.1, 0.15) is 17.3 Å². The van der Waals surface area contributed by atoms with E-state index in [0.29, 0.717) is 22.6 Å². The molecule has 66 heavy (non-hydrogen) atoms. The molecule has 1 aromatic heterocycles. The number of nitrogens with one attached hydrogen (secondary N) is 2. The molecule has 18 heteroatoms. The Morgan fingerprint density at radius 2 is 1.23 bits per heavy atom. The third-order valence-electron chi connectivity index (χ3n) is 8.01. The van der Waals surface area contributed by atoms with Crippen molar-refractivity contribution in [2.45, 2.75) is 91.1 Å². The molecule has 0 aliphatic carbocycles. The maximum atomic E-state index is 12.6. The van der Waals surface area contributed by atoms with Crippen LogP contribution < -0.4 is 18.9 Å². The van der Waals surface area contributed by atoms with Crippen molar-refractivity contribution in [3.63, 3.8) is 0 Å². The second kappa shape index (κ2) is 28.7. The number of hydrogen-bond acceptors (Lipinski definition) is 10. The van der Waals surface area contributed by atoms with E-state index in [9.17, 15) is 44.0 Å². The standard InChI is InChI=1S/C27H23F2NO5S2.C8H8F2O.C8H13NO3S.C3H6.C2H6/c1-17-5-3-4-6-25(17)37(32,33)30-26(31)24-15-21(18(2)34-24)16-36-23-13-9-20(10-14-23)19-7-11-22(12-8-19)35-27(28)29;1-6-2-4-7(5-3-6)11-8(9)10;1-5-8(6(2)3)13(11,12)9-7(4)10;1-3-2;1-2/h3-15,27H,16H2,1-2H3,(H,30,31);2-5,8H,1H3;5H,2H2,1,3-4H3,(H,9,10);3H,1H2,2H3;1-2H3/b;;8-5+;;. The fourth-order valence-electron chi connectivity index (χ4n) is 5.19. The molecule has 2 N–H and O–H groups in total. The molecule has 358 valence electrons. The van der Waals surface area contributed by atoms with Crippen LogP contribution in [0.2, 0.25) is 0 Å². The molecule has 0 aliphatic heterocycles. The van der Waals surface area contributed by atoms with E-state index in [0.717, 1.165) is 34.1 Å². The van der Waals surface area contributed by atoms with Crippen LogP contribution in [0.3, 0.4) is 0 Å². The summed E-state index contributed by atoms with van der Waals surface area (Å²) in [5, 5.41) is 0. The van der Waals surface area contributed by atoms with E-state index >= 15 is 0 Å². The number of halogens is 4. The SMILES string of the molecule is C=C(C)/C(=C\C)S(=O)(=O)NC(C)=O.C=CC.CC.Cc1ccc(OC(F)F)cc1.Cc1ccccc1S(=O)(=O)NC(=O)c1cc(CSc2ccc(-c3ccc(OC(F)F)cc3)cc2)c(C)o1. The van der Waals surface area contributed by atoms with Gasteiger partial charge in [-0.1, -0.05) is 92.7 Å². The molecular weight excluding hydrogens is 921 g/mol. The minimum Gasteiger partial charge on any atom is -0.456 e. The maximum absolute atomic E-state index is 12.6. The van der Waals surface area contributed by atoms with Gasteiger partial charge in [0, 0.05) is 23.1 Å². The first-order valence-corrected chi connectivity index (χ1v) is 23.9. The zero-order valence-corrected chi connectivity index (χ0v) is 40.6. The van der Waals surface area contributed by atoms with E-state index in [1.165, 1.54) is 48.2 Å². The van der Waals surface area contributed by atoms with E-state index in [4.69, 9.17) is 4.42 Å². The molecular formula is C48H56F4N2O9S3. The number of ether oxygens (including phenoxy) is 2. The first kappa shape index (κ1) is 57.9. The Morgan fingerprint density at radius 3 is 1.67 bits per heavy atom. The predicted octanol–water partition coefficient (Wildman–Crippen LogP) is 12.3. The fraction of sp³-hybridized carbons (Fsp3) is 0.250. The average molecular weight is 977 g/mol. The maximum Gasteiger partial charge on any atom is 0.387 e. The predicted molar refractivity (Wildman–Crippen MR) is 254 cm³/mol. The van der Waals surface area contributed by atoms with E-state index in [-0.39, 0.29) is 27.1 Å². The number of rotatable bonds is 14. The summed E-state index contributed by atoms with van der Waals surface area (Å²) in [7, 11) is -7.75. The van der Waals surface area contributed by atoms with Crippen LogP contribution in [0.15, 0.2) is 153 Å². The topological polar surface area (TPSA) is 158 Å². The molecule has 0 aliphatic rings. The van der Waals surface area contributed by atoms with Crippen LogP contribution in [-0.2, 0) is 30.6 Å². The van der Waals surface area contributed by atoms with Crippen LogP contribution in [0, 0.1) is 20.8 Å². The molecule has 5 aromatic rings. The Bertz CT molecular complexity index is 2580. The minimum atomic E-state index is -4.04. The number of benzene rings is 4. The highest BCUT2D eigenvalue weighted by atomic mass is 32.2. The summed E-state index contributed by atoms with van der Waals surface area (Å²) in [6.45, 7) is 16.7. The Morgan fingerprint density at radius 1 is 0.758 bits per heavy atom. The third-order valence-corrected chi connectivity index (χ3v) is 12.3. The van der Waals surface area contributed by atoms with Crippen LogP contribution >= 0.6 is 11.8 Å². The van der Waals surface area contributed by atoms with E-state index in [1.54, 1.807) is 82.3 Å². The summed E-state index contributed by atoms with van der Waals surface area (Å²) in [5.74, 6) is -0.203. The molecule has 0 atom stereocenters. The number of alkyl halides is 4. The zero-order chi connectivity index (χ0) is 50.2. The Hall–Kier alpha value is -6.11. The third kappa shape index (κ3) is 20.4. The average Bonchev–Trinajstić information content (AvgIpc) is 3.62. The molecule has 0 spiro atoms. The van der Waals surface area contributed by atoms with Gasteiger partial charge < -0.3 is 13.9 Å². The number of hydrogen-bond donors (Lipinski definition) is 2. The Balaban J connectivity index is 0.000000612. The molecule has 0 radical (unpaired) electrons. The van der Waals surface area contributed by atoms with Crippen molar-refractivity contribution in [2.24, 2.45) is 0 Å². The highest BCUT2D eigenvalue weighted by molar-refractivity contribution is 7.98. The van der Waals surface area contributed by atoms with Gasteiger partial charge in [-0.2, -0.15) is 17.6 Å². The number of carbonyl (C=O) groups is 2. The molecule has 2 amide bonds. The molecule has 0 bridgehead atoms. The molecule has 0 unspecified atom stereocenters. The smallest absolute Gasteiger partial charge is 0.387 e. The lowest BCUT2D eigenvalue weighted by molar-refractivity contribution is -0.117. The molecule has 0 saturated heterocycles. The first-order chi connectivity index (χ1) is 31.0.